The number of thioether (sulfide) groups is 2. The molecule has 0 aromatic heterocycles. The lowest BCUT2D eigenvalue weighted by atomic mass is 10.7. The maximum absolute atomic E-state index is 5.43. The summed E-state index contributed by atoms with van der Waals surface area (Å²) in [6, 6.07) is 0. The fraction of sp³-hybridized carbons (Fsp3) is 0.857. The van der Waals surface area contributed by atoms with Gasteiger partial charge in [0.1, 0.15) is 10.7 Å². The average molecular weight is 287 g/mol. The number of hydrogen-bond donors (Lipinski definition) is 0. The molecule has 7 heteroatoms. The molecule has 14 heavy (non-hydrogen) atoms. The summed E-state index contributed by atoms with van der Waals surface area (Å²) in [5, 5.41) is 1.86. The zero-order valence-corrected chi connectivity index (χ0v) is 12.7. The summed E-state index contributed by atoms with van der Waals surface area (Å²) in [6.45, 7) is 0. The zero-order valence-electron chi connectivity index (χ0n) is 8.59. The molecule has 1 aliphatic heterocycles. The normalized spacial score (nSPS) is 27.6. The van der Waals surface area contributed by atoms with Gasteiger partial charge in [-0.25, -0.2) is 0 Å². The Morgan fingerprint density at radius 1 is 0.929 bits per heavy atom. The lowest BCUT2D eigenvalue weighted by Gasteiger charge is -2.22. The van der Waals surface area contributed by atoms with Gasteiger partial charge in [0.2, 0.25) is 0 Å². The molecule has 0 aromatic carbocycles. The molecule has 0 radical (unpaired) electrons. The Bertz CT molecular complexity index is 192. The summed E-state index contributed by atoms with van der Waals surface area (Å²) in [5.74, 6) is 0. The molecule has 0 bridgehead atoms. The van der Waals surface area contributed by atoms with Gasteiger partial charge in [-0.05, 0) is 24.7 Å². The van der Waals surface area contributed by atoms with Gasteiger partial charge in [0.15, 0.2) is 5.11 Å². The Morgan fingerprint density at radius 2 is 1.29 bits per heavy atom. The zero-order chi connectivity index (χ0) is 10.7. The molecule has 1 heterocycles. The van der Waals surface area contributed by atoms with Crippen LogP contribution in [0.3, 0.4) is 0 Å². The third-order valence-electron chi connectivity index (χ3n) is 1.96. The van der Waals surface area contributed by atoms with E-state index in [0.717, 1.165) is 5.11 Å². The second kappa shape index (κ2) is 5.98. The second-order valence-electron chi connectivity index (χ2n) is 2.55. The highest BCUT2D eigenvalue weighted by molar-refractivity contribution is 8.06. The van der Waals surface area contributed by atoms with Crippen molar-refractivity contribution in [2.24, 2.45) is 0 Å². The van der Waals surface area contributed by atoms with E-state index in [0.29, 0.717) is 10.7 Å². The van der Waals surface area contributed by atoms with Gasteiger partial charge < -0.3 is 0 Å². The highest BCUT2D eigenvalue weighted by atomic mass is 32.2. The van der Waals surface area contributed by atoms with Crippen molar-refractivity contribution >= 4 is 64.7 Å². The highest BCUT2D eigenvalue weighted by Crippen LogP contribution is 2.41. The summed E-state index contributed by atoms with van der Waals surface area (Å²) in [6.07, 6.45) is 8.44. The summed E-state index contributed by atoms with van der Waals surface area (Å²) in [7, 11) is 0. The van der Waals surface area contributed by atoms with Gasteiger partial charge in [-0.15, -0.1) is 23.5 Å². The monoisotopic (exact) mass is 286 g/mol. The van der Waals surface area contributed by atoms with Gasteiger partial charge in [-0.2, -0.15) is 0 Å². The topological polar surface area (TPSA) is 6.48 Å². The molecule has 1 aliphatic rings. The largest absolute Gasteiger partial charge is 0.276 e. The maximum Gasteiger partial charge on any atom is 0.194 e. The van der Waals surface area contributed by atoms with Crippen LogP contribution in [0.2, 0.25) is 0 Å². The molecule has 2 nitrogen and oxygen atoms in total. The van der Waals surface area contributed by atoms with Gasteiger partial charge in [0, 0.05) is 12.5 Å². The molecular formula is C7H14N2S5. The number of thiocarbonyl (C=S) groups is 1. The van der Waals surface area contributed by atoms with Crippen LogP contribution in [0.15, 0.2) is 0 Å². The molecule has 2 atom stereocenters. The molecule has 0 aromatic rings. The molecule has 2 unspecified atom stereocenters. The summed E-state index contributed by atoms with van der Waals surface area (Å²) >= 11 is 12.6. The van der Waals surface area contributed by atoms with Gasteiger partial charge in [0.05, 0.1) is 0 Å². The quantitative estimate of drug-likeness (QED) is 0.572. The summed E-state index contributed by atoms with van der Waals surface area (Å²) in [5.41, 5.74) is 0. The van der Waals surface area contributed by atoms with Crippen molar-refractivity contribution in [1.29, 1.82) is 0 Å². The van der Waals surface area contributed by atoms with Crippen LogP contribution < -0.4 is 0 Å². The van der Waals surface area contributed by atoms with E-state index < -0.39 is 0 Å². The van der Waals surface area contributed by atoms with Gasteiger partial charge >= 0.3 is 0 Å². The molecule has 0 saturated carbocycles. The predicted octanol–water partition coefficient (Wildman–Crippen LogP) is 2.82. The second-order valence-corrected chi connectivity index (χ2v) is 6.34. The van der Waals surface area contributed by atoms with Crippen LogP contribution in [0.5, 0.6) is 0 Å². The van der Waals surface area contributed by atoms with Crippen LogP contribution in [0, 0.1) is 0 Å². The first kappa shape index (κ1) is 13.2. The van der Waals surface area contributed by atoms with E-state index in [2.05, 4.69) is 33.6 Å². The molecule has 0 spiro atoms. The van der Waals surface area contributed by atoms with Crippen LogP contribution >= 0.6 is 59.6 Å². The van der Waals surface area contributed by atoms with Crippen molar-refractivity contribution in [3.05, 3.63) is 0 Å². The van der Waals surface area contributed by atoms with Gasteiger partial charge in [-0.1, -0.05) is 23.9 Å². The van der Waals surface area contributed by atoms with Crippen molar-refractivity contribution in [1.82, 2.24) is 8.61 Å². The summed E-state index contributed by atoms with van der Waals surface area (Å²) < 4.78 is 4.44. The van der Waals surface area contributed by atoms with E-state index in [1.54, 1.807) is 23.9 Å². The van der Waals surface area contributed by atoms with E-state index in [-0.39, 0.29) is 0 Å². The standard InChI is InChI=1S/C7H14N2S5/c1-11-5-6(12-2)9(14-4)7(10)8(5)13-3/h5-6H,1-4H3. The van der Waals surface area contributed by atoms with E-state index in [1.807, 2.05) is 23.5 Å². The van der Waals surface area contributed by atoms with Gasteiger partial charge in [0.25, 0.3) is 0 Å². The van der Waals surface area contributed by atoms with Crippen LogP contribution in [0.4, 0.5) is 0 Å². The van der Waals surface area contributed by atoms with Crippen LogP contribution in [-0.4, -0.2) is 49.5 Å². The Labute approximate surface area is 109 Å². The molecule has 82 valence electrons. The number of hydrogen-bond acceptors (Lipinski definition) is 5. The minimum atomic E-state index is 0.458. The fourth-order valence-electron chi connectivity index (χ4n) is 1.33. The third-order valence-corrected chi connectivity index (χ3v) is 6.51. The van der Waals surface area contributed by atoms with Crippen molar-refractivity contribution in [2.75, 3.05) is 25.0 Å². The Hall–Kier alpha value is 1.09. The van der Waals surface area contributed by atoms with Crippen molar-refractivity contribution in [2.45, 2.75) is 10.7 Å². The lowest BCUT2D eigenvalue weighted by Crippen LogP contribution is -2.27. The molecule has 0 aliphatic carbocycles. The van der Waals surface area contributed by atoms with Crippen molar-refractivity contribution < 1.29 is 0 Å². The van der Waals surface area contributed by atoms with Crippen molar-refractivity contribution in [3.8, 4) is 0 Å². The third kappa shape index (κ3) is 2.26. The van der Waals surface area contributed by atoms with Crippen molar-refractivity contribution in [3.63, 3.8) is 0 Å². The van der Waals surface area contributed by atoms with Crippen LogP contribution in [-0.2, 0) is 0 Å². The SMILES string of the molecule is CSC1C(SC)N(SC)C(=S)N1SC. The van der Waals surface area contributed by atoms with Gasteiger partial charge in [-0.3, -0.25) is 8.61 Å². The molecule has 1 fully saturated rings. The predicted molar refractivity (Wildman–Crippen MR) is 77.9 cm³/mol. The highest BCUT2D eigenvalue weighted by Gasteiger charge is 2.42. The van der Waals surface area contributed by atoms with E-state index in [9.17, 15) is 0 Å². The lowest BCUT2D eigenvalue weighted by molar-refractivity contribution is 0.630. The number of nitrogens with zero attached hydrogens (tertiary/aromatic N) is 2. The molecule has 1 saturated heterocycles. The first-order chi connectivity index (χ1) is 6.71. The first-order valence-corrected chi connectivity index (χ1v) is 9.32. The van der Waals surface area contributed by atoms with E-state index in [1.165, 1.54) is 0 Å². The molecule has 0 N–H and O–H groups in total. The first-order valence-electron chi connectivity index (χ1n) is 3.97. The Morgan fingerprint density at radius 3 is 1.50 bits per heavy atom. The van der Waals surface area contributed by atoms with E-state index in [4.69, 9.17) is 12.2 Å². The van der Waals surface area contributed by atoms with Crippen LogP contribution in [0.25, 0.3) is 0 Å². The van der Waals surface area contributed by atoms with E-state index >= 15 is 0 Å². The molecular weight excluding hydrogens is 272 g/mol. The Kier molecular flexibility index (Phi) is 5.62. The molecule has 1 rings (SSSR count). The maximum atomic E-state index is 5.43. The fourth-order valence-corrected chi connectivity index (χ4v) is 6.47. The molecule has 0 amide bonds. The summed E-state index contributed by atoms with van der Waals surface area (Å²) in [4.78, 5) is 0. The minimum absolute atomic E-state index is 0.458. The smallest absolute Gasteiger partial charge is 0.194 e. The number of rotatable bonds is 4. The average Bonchev–Trinajstić information content (AvgIpc) is 2.48. The Balaban J connectivity index is 2.87. The van der Waals surface area contributed by atoms with Crippen LogP contribution in [0.1, 0.15) is 0 Å². The minimum Gasteiger partial charge on any atom is -0.276 e.